The maximum absolute atomic E-state index is 5.04. The first-order valence-electron chi connectivity index (χ1n) is 4.64. The van der Waals surface area contributed by atoms with E-state index in [0.29, 0.717) is 4.67 Å². The average molecular weight is 235 g/mol. The average Bonchev–Trinajstić information content (AvgIpc) is 2.07. The Balaban J connectivity index is 0.000000217. The normalized spacial score (nSPS) is 17.5. The second-order valence-electron chi connectivity index (χ2n) is 3.36. The Kier molecular flexibility index (Phi) is 7.62. The van der Waals surface area contributed by atoms with E-state index in [0.717, 1.165) is 5.92 Å². The summed E-state index contributed by atoms with van der Waals surface area (Å²) in [6.45, 7) is 2.36. The van der Waals surface area contributed by atoms with Gasteiger partial charge in [-0.25, -0.2) is 0 Å². The fraction of sp³-hybridized carbons (Fsp3) is 0.889. The van der Waals surface area contributed by atoms with Gasteiger partial charge in [0, 0.05) is 0 Å². The van der Waals surface area contributed by atoms with Crippen LogP contribution in [0.25, 0.3) is 0 Å². The second-order valence-corrected chi connectivity index (χ2v) is 4.28. The van der Waals surface area contributed by atoms with Crippen LogP contribution in [0, 0.1) is 5.92 Å². The molecule has 0 aromatic heterocycles. The molecule has 0 radical (unpaired) electrons. The maximum atomic E-state index is 5.04. The van der Waals surface area contributed by atoms with Crippen LogP contribution in [0.5, 0.6) is 0 Å². The molecule has 1 aliphatic rings. The molecular weight excluding hydrogens is 215 g/mol. The Morgan fingerprint density at radius 2 is 1.75 bits per heavy atom. The van der Waals surface area contributed by atoms with Gasteiger partial charge in [-0.1, -0.05) is 39.0 Å². The van der Waals surface area contributed by atoms with E-state index in [2.05, 4.69) is 27.8 Å². The Bertz CT molecular complexity index is 120. The van der Waals surface area contributed by atoms with Crippen LogP contribution in [0.15, 0.2) is 0 Å². The van der Waals surface area contributed by atoms with Gasteiger partial charge in [-0.3, -0.25) is 0 Å². The molecule has 12 heavy (non-hydrogen) atoms. The van der Waals surface area contributed by atoms with Crippen LogP contribution in [-0.4, -0.2) is 27.3 Å². The molecule has 1 saturated carbocycles. The Morgan fingerprint density at radius 3 is 1.92 bits per heavy atom. The first-order chi connectivity index (χ1) is 5.66. The molecule has 0 atom stereocenters. The van der Waals surface area contributed by atoms with Crippen molar-refractivity contribution in [3.8, 4) is 0 Å². The summed E-state index contributed by atoms with van der Waals surface area (Å²) in [5.74, 6) is 1.04. The summed E-state index contributed by atoms with van der Waals surface area (Å²) in [6.07, 6.45) is 7.44. The predicted molar refractivity (Wildman–Crippen MR) is 56.3 cm³/mol. The van der Waals surface area contributed by atoms with Gasteiger partial charge in [0.05, 0.1) is 0 Å². The van der Waals surface area contributed by atoms with E-state index in [1.54, 1.807) is 7.05 Å². The molecule has 1 fully saturated rings. The summed E-state index contributed by atoms with van der Waals surface area (Å²) >= 11 is 2.57. The van der Waals surface area contributed by atoms with Crippen molar-refractivity contribution < 1.29 is 0 Å². The van der Waals surface area contributed by atoms with Gasteiger partial charge < -0.3 is 0 Å². The first kappa shape index (κ1) is 12.0. The molecule has 1 aliphatic carbocycles. The van der Waals surface area contributed by atoms with Crippen molar-refractivity contribution in [3.05, 3.63) is 0 Å². The summed E-state index contributed by atoms with van der Waals surface area (Å²) in [5.41, 5.74) is 5.04. The monoisotopic (exact) mass is 236 g/mol. The van der Waals surface area contributed by atoms with Gasteiger partial charge in [-0.2, -0.15) is 0 Å². The zero-order valence-corrected chi connectivity index (χ0v) is 9.81. The molecule has 1 rings (SSSR count). The van der Waals surface area contributed by atoms with E-state index in [1.165, 1.54) is 32.1 Å². The SMILES string of the molecule is CC1CCCCC1.CNC(N)=[Se]. The van der Waals surface area contributed by atoms with Gasteiger partial charge in [-0.15, -0.1) is 0 Å². The fourth-order valence-corrected chi connectivity index (χ4v) is 1.31. The molecular formula is C9H20N2Se. The van der Waals surface area contributed by atoms with Crippen LogP contribution in [0.3, 0.4) is 0 Å². The summed E-state index contributed by atoms with van der Waals surface area (Å²) in [4.78, 5) is 0. The molecule has 3 N–H and O–H groups in total. The first-order valence-corrected chi connectivity index (χ1v) is 5.49. The van der Waals surface area contributed by atoms with Crippen molar-refractivity contribution in [2.24, 2.45) is 11.7 Å². The van der Waals surface area contributed by atoms with Gasteiger partial charge in [0.2, 0.25) is 0 Å². The van der Waals surface area contributed by atoms with E-state index >= 15 is 0 Å². The predicted octanol–water partition coefficient (Wildman–Crippen LogP) is 1.01. The van der Waals surface area contributed by atoms with Gasteiger partial charge in [-0.05, 0) is 5.92 Å². The van der Waals surface area contributed by atoms with E-state index in [1.807, 2.05) is 0 Å². The number of hydrogen-bond donors (Lipinski definition) is 2. The summed E-state index contributed by atoms with van der Waals surface area (Å²) in [6, 6.07) is 0. The Hall–Kier alpha value is -0.0105. The van der Waals surface area contributed by atoms with Crippen LogP contribution in [0.1, 0.15) is 39.0 Å². The minimum absolute atomic E-state index is 0.630. The standard InChI is InChI=1S/C7H14.C2H6N2Se/c1-7-5-3-2-4-6-7;1-4-2(3)5/h7H,2-6H2,1H3;1H3,(H3,3,4,5). The van der Waals surface area contributed by atoms with E-state index < -0.39 is 0 Å². The van der Waals surface area contributed by atoms with Gasteiger partial charge in [0.1, 0.15) is 0 Å². The van der Waals surface area contributed by atoms with Gasteiger partial charge >= 0.3 is 38.3 Å². The van der Waals surface area contributed by atoms with Gasteiger partial charge in [0.15, 0.2) is 0 Å². The van der Waals surface area contributed by atoms with E-state index in [-0.39, 0.29) is 0 Å². The molecule has 2 nitrogen and oxygen atoms in total. The zero-order chi connectivity index (χ0) is 9.40. The van der Waals surface area contributed by atoms with Crippen molar-refractivity contribution in [2.45, 2.75) is 39.0 Å². The van der Waals surface area contributed by atoms with Crippen molar-refractivity contribution in [2.75, 3.05) is 7.05 Å². The molecule has 72 valence electrons. The third-order valence-corrected chi connectivity index (χ3v) is 2.57. The second kappa shape index (κ2) is 7.63. The van der Waals surface area contributed by atoms with E-state index in [4.69, 9.17) is 5.73 Å². The summed E-state index contributed by atoms with van der Waals surface area (Å²) < 4.78 is 0.630. The molecule has 0 saturated heterocycles. The molecule has 3 heteroatoms. The molecule has 0 spiro atoms. The fourth-order valence-electron chi connectivity index (χ4n) is 1.31. The number of rotatable bonds is 1. The summed E-state index contributed by atoms with van der Waals surface area (Å²) in [5, 5.41) is 2.67. The molecule has 0 unspecified atom stereocenters. The molecule has 0 amide bonds. The van der Waals surface area contributed by atoms with E-state index in [9.17, 15) is 0 Å². The third kappa shape index (κ3) is 8.09. The number of nitrogens with one attached hydrogen (secondary N) is 1. The van der Waals surface area contributed by atoms with Crippen molar-refractivity contribution in [3.63, 3.8) is 0 Å². The molecule has 0 heterocycles. The third-order valence-electron chi connectivity index (χ3n) is 2.14. The number of nitrogens with two attached hydrogens (primary N) is 1. The quantitative estimate of drug-likeness (QED) is 0.666. The van der Waals surface area contributed by atoms with Crippen molar-refractivity contribution in [1.82, 2.24) is 5.32 Å². The molecule has 0 aliphatic heterocycles. The summed E-state index contributed by atoms with van der Waals surface area (Å²) in [7, 11) is 1.76. The van der Waals surface area contributed by atoms with Crippen molar-refractivity contribution in [1.29, 1.82) is 0 Å². The Labute approximate surface area is 83.6 Å². The van der Waals surface area contributed by atoms with Crippen LogP contribution in [0.4, 0.5) is 0 Å². The minimum atomic E-state index is 0.630. The number of hydrogen-bond acceptors (Lipinski definition) is 2. The molecule has 0 aromatic carbocycles. The Morgan fingerprint density at radius 1 is 1.33 bits per heavy atom. The zero-order valence-electron chi connectivity index (χ0n) is 8.10. The van der Waals surface area contributed by atoms with Crippen LogP contribution in [-0.2, 0) is 0 Å². The van der Waals surface area contributed by atoms with Crippen LogP contribution in [0.2, 0.25) is 0 Å². The van der Waals surface area contributed by atoms with Crippen LogP contribution < -0.4 is 11.1 Å². The van der Waals surface area contributed by atoms with Crippen molar-refractivity contribution >= 4 is 20.2 Å². The topological polar surface area (TPSA) is 38.0 Å². The van der Waals surface area contributed by atoms with Crippen LogP contribution >= 0.6 is 0 Å². The van der Waals surface area contributed by atoms with Gasteiger partial charge in [0.25, 0.3) is 0 Å². The molecule has 0 bridgehead atoms. The molecule has 0 aromatic rings.